The van der Waals surface area contributed by atoms with Crippen LogP contribution < -0.4 is 20.2 Å². The molecular weight excluding hydrogens is 548 g/mol. The fourth-order valence-electron chi connectivity index (χ4n) is 3.05. The number of hydrogen-bond acceptors (Lipinski definition) is 6. The number of carbonyl (C=O) groups is 2. The molecule has 0 aliphatic rings. The van der Waals surface area contributed by atoms with Crippen molar-refractivity contribution >= 4 is 51.2 Å². The molecule has 8 nitrogen and oxygen atoms in total. The molecule has 0 fully saturated rings. The summed E-state index contributed by atoms with van der Waals surface area (Å²) >= 11 is 9.53. The third-order valence-corrected chi connectivity index (χ3v) is 5.51. The standard InChI is InChI=1S/C26H22BrClN4O4/c1-2-35-23-14-19(13-22(27)24(23)36-16-18-4-3-5-20(28)12-18)15-30-32-26(34)25(33)31-21-8-6-17(7-9-21)10-11-29/h3-9,12-15H,2,10,16H2,1H3,(H,31,33)(H,32,34)/b30-15+. The fraction of sp³-hybridized carbons (Fsp3) is 0.154. The number of nitrogens with zero attached hydrogens (tertiary/aromatic N) is 2. The second kappa shape index (κ2) is 13.3. The van der Waals surface area contributed by atoms with Crippen molar-refractivity contribution in [3.05, 3.63) is 86.8 Å². The lowest BCUT2D eigenvalue weighted by Gasteiger charge is -2.15. The molecule has 0 bridgehead atoms. The normalized spacial score (nSPS) is 10.5. The van der Waals surface area contributed by atoms with Crippen LogP contribution in [0.15, 0.2) is 70.2 Å². The Morgan fingerprint density at radius 3 is 2.56 bits per heavy atom. The molecule has 10 heteroatoms. The highest BCUT2D eigenvalue weighted by atomic mass is 79.9. The van der Waals surface area contributed by atoms with Crippen molar-refractivity contribution < 1.29 is 19.1 Å². The van der Waals surface area contributed by atoms with Crippen molar-refractivity contribution in [1.82, 2.24) is 5.43 Å². The summed E-state index contributed by atoms with van der Waals surface area (Å²) in [7, 11) is 0. The molecule has 0 atom stereocenters. The summed E-state index contributed by atoms with van der Waals surface area (Å²) in [4.78, 5) is 24.2. The third-order valence-electron chi connectivity index (χ3n) is 4.68. The van der Waals surface area contributed by atoms with E-state index in [9.17, 15) is 9.59 Å². The van der Waals surface area contributed by atoms with Crippen LogP contribution >= 0.6 is 27.5 Å². The summed E-state index contributed by atoms with van der Waals surface area (Å²) in [5.74, 6) is -0.809. The van der Waals surface area contributed by atoms with Gasteiger partial charge in [0.05, 0.1) is 29.8 Å². The maximum atomic E-state index is 12.1. The Balaban J connectivity index is 1.62. The molecule has 3 aromatic rings. The number of halogens is 2. The van der Waals surface area contributed by atoms with Gasteiger partial charge in [-0.3, -0.25) is 9.59 Å². The monoisotopic (exact) mass is 568 g/mol. The third kappa shape index (κ3) is 7.83. The molecule has 184 valence electrons. The average molecular weight is 570 g/mol. The highest BCUT2D eigenvalue weighted by Crippen LogP contribution is 2.37. The van der Waals surface area contributed by atoms with Gasteiger partial charge in [0.15, 0.2) is 11.5 Å². The summed E-state index contributed by atoms with van der Waals surface area (Å²) in [5, 5.41) is 15.7. The molecule has 36 heavy (non-hydrogen) atoms. The van der Waals surface area contributed by atoms with E-state index in [-0.39, 0.29) is 6.42 Å². The van der Waals surface area contributed by atoms with Crippen molar-refractivity contribution in [3.63, 3.8) is 0 Å². The highest BCUT2D eigenvalue weighted by Gasteiger charge is 2.14. The Morgan fingerprint density at radius 2 is 1.86 bits per heavy atom. The van der Waals surface area contributed by atoms with Gasteiger partial charge in [0.25, 0.3) is 0 Å². The molecule has 2 amide bonds. The maximum Gasteiger partial charge on any atom is 0.329 e. The van der Waals surface area contributed by atoms with Gasteiger partial charge in [-0.05, 0) is 75.9 Å². The van der Waals surface area contributed by atoms with Gasteiger partial charge in [-0.25, -0.2) is 5.43 Å². The zero-order valence-corrected chi connectivity index (χ0v) is 21.6. The van der Waals surface area contributed by atoms with E-state index in [0.29, 0.717) is 45.5 Å². The van der Waals surface area contributed by atoms with Gasteiger partial charge in [0, 0.05) is 10.7 Å². The van der Waals surface area contributed by atoms with Gasteiger partial charge in [0.1, 0.15) is 6.61 Å². The molecule has 0 aliphatic carbocycles. The number of amides is 2. The number of hydrogen-bond donors (Lipinski definition) is 2. The SMILES string of the molecule is CCOc1cc(/C=N/NC(=O)C(=O)Nc2ccc(CC#N)cc2)cc(Br)c1OCc1cccc(Cl)c1. The number of nitrogens with one attached hydrogen (secondary N) is 2. The van der Waals surface area contributed by atoms with E-state index >= 15 is 0 Å². The molecule has 0 saturated heterocycles. The van der Waals surface area contributed by atoms with Crippen LogP contribution in [0.2, 0.25) is 5.02 Å². The average Bonchev–Trinajstić information content (AvgIpc) is 2.85. The molecule has 0 heterocycles. The predicted octanol–water partition coefficient (Wildman–Crippen LogP) is 5.24. The molecule has 2 N–H and O–H groups in total. The van der Waals surface area contributed by atoms with Crippen LogP contribution in [0.1, 0.15) is 23.6 Å². The molecule has 0 saturated carbocycles. The molecular formula is C26H22BrClN4O4. The van der Waals surface area contributed by atoms with Crippen LogP contribution in [0, 0.1) is 11.3 Å². The number of benzene rings is 3. The van der Waals surface area contributed by atoms with Crippen LogP contribution in [0.3, 0.4) is 0 Å². The van der Waals surface area contributed by atoms with Gasteiger partial charge >= 0.3 is 11.8 Å². The van der Waals surface area contributed by atoms with Crippen molar-refractivity contribution in [1.29, 1.82) is 5.26 Å². The lowest BCUT2D eigenvalue weighted by atomic mass is 10.1. The minimum absolute atomic E-state index is 0.263. The molecule has 0 aliphatic heterocycles. The Kier molecular flexibility index (Phi) is 9.86. The number of rotatable bonds is 9. The summed E-state index contributed by atoms with van der Waals surface area (Å²) in [6.07, 6.45) is 1.65. The van der Waals surface area contributed by atoms with Gasteiger partial charge in [-0.2, -0.15) is 10.4 Å². The van der Waals surface area contributed by atoms with Crippen LogP contribution in [0.4, 0.5) is 5.69 Å². The first-order valence-corrected chi connectivity index (χ1v) is 12.0. The number of ether oxygens (including phenoxy) is 2. The zero-order valence-electron chi connectivity index (χ0n) is 19.3. The largest absolute Gasteiger partial charge is 0.490 e. The van der Waals surface area contributed by atoms with Gasteiger partial charge in [0.2, 0.25) is 0 Å². The Morgan fingerprint density at radius 1 is 1.08 bits per heavy atom. The fourth-order valence-corrected chi connectivity index (χ4v) is 3.84. The van der Waals surface area contributed by atoms with E-state index < -0.39 is 11.8 Å². The van der Waals surface area contributed by atoms with Crippen molar-refractivity contribution in [2.75, 3.05) is 11.9 Å². The van der Waals surface area contributed by atoms with Crippen molar-refractivity contribution in [2.24, 2.45) is 5.10 Å². The summed E-state index contributed by atoms with van der Waals surface area (Å²) in [6.45, 7) is 2.55. The Labute approximate surface area is 222 Å². The highest BCUT2D eigenvalue weighted by molar-refractivity contribution is 9.10. The number of anilines is 1. The molecule has 0 unspecified atom stereocenters. The number of carbonyl (C=O) groups excluding carboxylic acids is 2. The van der Waals surface area contributed by atoms with Crippen LogP contribution in [0.5, 0.6) is 11.5 Å². The van der Waals surface area contributed by atoms with Gasteiger partial charge in [-0.15, -0.1) is 0 Å². The first kappa shape index (κ1) is 26.7. The molecule has 3 aromatic carbocycles. The van der Waals surface area contributed by atoms with Crippen molar-refractivity contribution in [3.8, 4) is 17.6 Å². The van der Waals surface area contributed by atoms with Crippen LogP contribution in [0.25, 0.3) is 0 Å². The van der Waals surface area contributed by atoms with Gasteiger partial charge in [-0.1, -0.05) is 35.9 Å². The van der Waals surface area contributed by atoms with Crippen LogP contribution in [-0.2, 0) is 22.6 Å². The van der Waals surface area contributed by atoms with E-state index in [1.54, 1.807) is 42.5 Å². The topological polar surface area (TPSA) is 113 Å². The maximum absolute atomic E-state index is 12.1. The second-order valence-corrected chi connectivity index (χ2v) is 8.66. The predicted molar refractivity (Wildman–Crippen MR) is 141 cm³/mol. The van der Waals surface area contributed by atoms with E-state index in [0.717, 1.165) is 11.1 Å². The number of hydrazone groups is 1. The number of nitriles is 1. The first-order valence-electron chi connectivity index (χ1n) is 10.8. The van der Waals surface area contributed by atoms with Crippen molar-refractivity contribution in [2.45, 2.75) is 20.0 Å². The second-order valence-electron chi connectivity index (χ2n) is 7.37. The minimum atomic E-state index is -0.932. The van der Waals surface area contributed by atoms with E-state index in [1.165, 1.54) is 6.21 Å². The smallest absolute Gasteiger partial charge is 0.329 e. The molecule has 0 spiro atoms. The van der Waals surface area contributed by atoms with Crippen LogP contribution in [-0.4, -0.2) is 24.6 Å². The molecule has 3 rings (SSSR count). The summed E-state index contributed by atoms with van der Waals surface area (Å²) < 4.78 is 12.3. The molecule has 0 radical (unpaired) electrons. The Bertz CT molecular complexity index is 1310. The lowest BCUT2D eigenvalue weighted by molar-refractivity contribution is -0.136. The van der Waals surface area contributed by atoms with Gasteiger partial charge < -0.3 is 14.8 Å². The Hall–Kier alpha value is -3.87. The molecule has 0 aromatic heterocycles. The minimum Gasteiger partial charge on any atom is -0.490 e. The van der Waals surface area contributed by atoms with E-state index in [1.807, 2.05) is 31.2 Å². The summed E-state index contributed by atoms with van der Waals surface area (Å²) in [6, 6.07) is 19.5. The van der Waals surface area contributed by atoms with E-state index in [4.69, 9.17) is 26.3 Å². The first-order chi connectivity index (χ1) is 17.4. The zero-order chi connectivity index (χ0) is 25.9. The lowest BCUT2D eigenvalue weighted by Crippen LogP contribution is -2.32. The summed E-state index contributed by atoms with van der Waals surface area (Å²) in [5.41, 5.74) is 4.94. The van der Waals surface area contributed by atoms with E-state index in [2.05, 4.69) is 31.8 Å². The quantitative estimate of drug-likeness (QED) is 0.208.